The monoisotopic (exact) mass is 214 g/mol. The molecule has 0 radical (unpaired) electrons. The molecule has 0 aliphatic heterocycles. The van der Waals surface area contributed by atoms with Crippen LogP contribution in [-0.4, -0.2) is 34.2 Å². The first-order valence-corrected chi connectivity index (χ1v) is 6.05. The summed E-state index contributed by atoms with van der Waals surface area (Å²) >= 11 is 1.69. The van der Waals surface area contributed by atoms with Crippen LogP contribution in [0.15, 0.2) is 18.5 Å². The summed E-state index contributed by atoms with van der Waals surface area (Å²) < 4.78 is 0. The molecule has 0 amide bonds. The number of hydrogen-bond acceptors (Lipinski definition) is 3. The highest BCUT2D eigenvalue weighted by molar-refractivity contribution is 7.99. The lowest BCUT2D eigenvalue weighted by atomic mass is 10.2. The average Bonchev–Trinajstić information content (AvgIpc) is 2.69. The van der Waals surface area contributed by atoms with Gasteiger partial charge in [-0.05, 0) is 24.8 Å². The van der Waals surface area contributed by atoms with Gasteiger partial charge in [0, 0.05) is 30.2 Å². The van der Waals surface area contributed by atoms with E-state index >= 15 is 0 Å². The summed E-state index contributed by atoms with van der Waals surface area (Å²) in [7, 11) is 0. The molecule has 4 heteroatoms. The Bertz CT molecular complexity index is 234. The van der Waals surface area contributed by atoms with E-state index in [1.165, 1.54) is 5.56 Å². The molecule has 0 aromatic carbocycles. The molecule has 0 spiro atoms. The molecular weight excluding hydrogens is 196 g/mol. The quantitative estimate of drug-likeness (QED) is 0.667. The van der Waals surface area contributed by atoms with Crippen LogP contribution in [0.1, 0.15) is 12.5 Å². The van der Waals surface area contributed by atoms with Gasteiger partial charge in [-0.1, -0.05) is 0 Å². The van der Waals surface area contributed by atoms with Crippen LogP contribution < -0.4 is 5.32 Å². The van der Waals surface area contributed by atoms with E-state index in [9.17, 15) is 0 Å². The van der Waals surface area contributed by atoms with E-state index in [1.54, 1.807) is 11.8 Å². The fourth-order valence-corrected chi connectivity index (χ4v) is 1.97. The first kappa shape index (κ1) is 11.6. The second-order valence-electron chi connectivity index (χ2n) is 3.35. The van der Waals surface area contributed by atoms with Crippen molar-refractivity contribution in [3.05, 3.63) is 24.0 Å². The van der Waals surface area contributed by atoms with Crippen molar-refractivity contribution in [3.8, 4) is 0 Å². The molecule has 1 aromatic rings. The highest BCUT2D eigenvalue weighted by Gasteiger charge is 2.13. The van der Waals surface area contributed by atoms with E-state index in [0.717, 1.165) is 6.54 Å². The molecule has 0 saturated heterocycles. The zero-order chi connectivity index (χ0) is 10.4. The number of thioether (sulfide) groups is 1. The zero-order valence-corrected chi connectivity index (χ0v) is 9.47. The van der Waals surface area contributed by atoms with Crippen molar-refractivity contribution in [1.29, 1.82) is 0 Å². The fourth-order valence-electron chi connectivity index (χ4n) is 1.32. The van der Waals surface area contributed by atoms with Gasteiger partial charge in [0.25, 0.3) is 0 Å². The van der Waals surface area contributed by atoms with Crippen LogP contribution in [0, 0.1) is 0 Å². The zero-order valence-electron chi connectivity index (χ0n) is 8.66. The van der Waals surface area contributed by atoms with Crippen LogP contribution in [0.4, 0.5) is 0 Å². The molecule has 0 aliphatic rings. The molecule has 1 aromatic heterocycles. The van der Waals surface area contributed by atoms with Crippen LogP contribution in [-0.2, 0) is 6.54 Å². The van der Waals surface area contributed by atoms with Crippen molar-refractivity contribution in [2.45, 2.75) is 24.8 Å². The first-order chi connectivity index (χ1) is 6.77. The maximum absolute atomic E-state index is 9.09. The van der Waals surface area contributed by atoms with Gasteiger partial charge in [-0.15, -0.1) is 0 Å². The van der Waals surface area contributed by atoms with Gasteiger partial charge in [0.15, 0.2) is 0 Å². The van der Waals surface area contributed by atoms with E-state index in [-0.39, 0.29) is 11.9 Å². The lowest BCUT2D eigenvalue weighted by Gasteiger charge is -2.20. The van der Waals surface area contributed by atoms with Crippen molar-refractivity contribution < 1.29 is 5.11 Å². The third-order valence-corrected chi connectivity index (χ3v) is 3.49. The molecule has 1 rings (SSSR count). The molecule has 0 aliphatic carbocycles. The minimum Gasteiger partial charge on any atom is -0.395 e. The molecule has 14 heavy (non-hydrogen) atoms. The van der Waals surface area contributed by atoms with Gasteiger partial charge in [0.1, 0.15) is 0 Å². The Kier molecular flexibility index (Phi) is 5.07. The number of rotatable bonds is 6. The lowest BCUT2D eigenvalue weighted by molar-refractivity contribution is 0.276. The minimum atomic E-state index is 0.225. The predicted molar refractivity (Wildman–Crippen MR) is 61.5 cm³/mol. The minimum absolute atomic E-state index is 0.225. The average molecular weight is 214 g/mol. The van der Waals surface area contributed by atoms with Crippen molar-refractivity contribution >= 4 is 11.8 Å². The molecule has 0 bridgehead atoms. The topological polar surface area (TPSA) is 48.0 Å². The van der Waals surface area contributed by atoms with E-state index in [4.69, 9.17) is 5.11 Å². The summed E-state index contributed by atoms with van der Waals surface area (Å²) in [6.07, 6.45) is 5.92. The van der Waals surface area contributed by atoms with Gasteiger partial charge in [0.2, 0.25) is 0 Å². The van der Waals surface area contributed by atoms with Crippen molar-refractivity contribution in [3.63, 3.8) is 0 Å². The van der Waals surface area contributed by atoms with Gasteiger partial charge < -0.3 is 15.4 Å². The van der Waals surface area contributed by atoms with Crippen LogP contribution in [0.2, 0.25) is 0 Å². The van der Waals surface area contributed by atoms with Crippen LogP contribution in [0.5, 0.6) is 0 Å². The number of hydrogen-bond donors (Lipinski definition) is 3. The maximum atomic E-state index is 9.09. The number of aromatic amines is 1. The lowest BCUT2D eigenvalue weighted by Crippen LogP contribution is -2.36. The van der Waals surface area contributed by atoms with Gasteiger partial charge in [-0.25, -0.2) is 0 Å². The van der Waals surface area contributed by atoms with Crippen molar-refractivity contribution in [2.24, 2.45) is 0 Å². The number of aliphatic hydroxyl groups excluding tert-OH is 1. The van der Waals surface area contributed by atoms with Crippen LogP contribution >= 0.6 is 11.8 Å². The number of aromatic nitrogens is 1. The Labute approximate surface area is 89.3 Å². The number of aliphatic hydroxyl groups is 1. The summed E-state index contributed by atoms with van der Waals surface area (Å²) in [6, 6.07) is 2.37. The molecule has 1 heterocycles. The molecule has 2 unspecified atom stereocenters. The SMILES string of the molecule is CSC(CO)C(C)NCc1cc[nH]c1. The first-order valence-electron chi connectivity index (χ1n) is 4.76. The van der Waals surface area contributed by atoms with E-state index in [1.807, 2.05) is 24.7 Å². The predicted octanol–water partition coefficient (Wildman–Crippen LogP) is 1.22. The molecule has 3 N–H and O–H groups in total. The normalized spacial score (nSPS) is 15.4. The fraction of sp³-hybridized carbons (Fsp3) is 0.600. The molecular formula is C10H18N2OS. The Hall–Kier alpha value is -0.450. The Morgan fingerprint density at radius 3 is 2.93 bits per heavy atom. The molecule has 80 valence electrons. The highest BCUT2D eigenvalue weighted by atomic mass is 32.2. The summed E-state index contributed by atoms with van der Waals surface area (Å²) in [5, 5.41) is 12.7. The summed E-state index contributed by atoms with van der Waals surface area (Å²) in [5.41, 5.74) is 1.25. The third-order valence-electron chi connectivity index (χ3n) is 2.33. The molecule has 0 fully saturated rings. The Morgan fingerprint density at radius 2 is 2.43 bits per heavy atom. The van der Waals surface area contributed by atoms with Crippen LogP contribution in [0.3, 0.4) is 0 Å². The number of nitrogens with one attached hydrogen (secondary N) is 2. The second-order valence-corrected chi connectivity index (χ2v) is 4.42. The van der Waals surface area contributed by atoms with E-state index in [0.29, 0.717) is 6.04 Å². The summed E-state index contributed by atoms with van der Waals surface area (Å²) in [4.78, 5) is 3.02. The maximum Gasteiger partial charge on any atom is 0.0564 e. The van der Waals surface area contributed by atoms with Gasteiger partial charge in [-0.2, -0.15) is 11.8 Å². The molecule has 2 atom stereocenters. The van der Waals surface area contributed by atoms with Gasteiger partial charge in [-0.3, -0.25) is 0 Å². The number of H-pyrrole nitrogens is 1. The second kappa shape index (κ2) is 6.11. The largest absolute Gasteiger partial charge is 0.395 e. The Balaban J connectivity index is 2.30. The smallest absolute Gasteiger partial charge is 0.0564 e. The highest BCUT2D eigenvalue weighted by Crippen LogP contribution is 2.10. The molecule has 3 nitrogen and oxygen atoms in total. The summed E-state index contributed by atoms with van der Waals surface area (Å²) in [6.45, 7) is 3.17. The summed E-state index contributed by atoms with van der Waals surface area (Å²) in [5.74, 6) is 0. The van der Waals surface area contributed by atoms with Gasteiger partial charge in [0.05, 0.1) is 6.61 Å². The van der Waals surface area contributed by atoms with Gasteiger partial charge >= 0.3 is 0 Å². The van der Waals surface area contributed by atoms with Crippen LogP contribution in [0.25, 0.3) is 0 Å². The van der Waals surface area contributed by atoms with Crippen molar-refractivity contribution in [1.82, 2.24) is 10.3 Å². The standard InChI is InChI=1S/C10H18N2OS/c1-8(10(7-13)14-2)12-6-9-3-4-11-5-9/h3-5,8,10-13H,6-7H2,1-2H3. The van der Waals surface area contributed by atoms with E-state index in [2.05, 4.69) is 17.2 Å². The van der Waals surface area contributed by atoms with E-state index < -0.39 is 0 Å². The Morgan fingerprint density at radius 1 is 1.64 bits per heavy atom. The van der Waals surface area contributed by atoms with Crippen molar-refractivity contribution in [2.75, 3.05) is 12.9 Å². The third kappa shape index (κ3) is 3.36. The molecule has 0 saturated carbocycles.